The van der Waals surface area contributed by atoms with Crippen molar-refractivity contribution in [2.45, 2.75) is 19.4 Å². The smallest absolute Gasteiger partial charge is 0.253 e. The summed E-state index contributed by atoms with van der Waals surface area (Å²) < 4.78 is 0. The molecule has 1 unspecified atom stereocenters. The number of anilines is 2. The van der Waals surface area contributed by atoms with E-state index in [4.69, 9.17) is 23.2 Å². The molecule has 0 saturated carbocycles. The zero-order chi connectivity index (χ0) is 20.4. The molecule has 0 spiro atoms. The van der Waals surface area contributed by atoms with E-state index >= 15 is 0 Å². The van der Waals surface area contributed by atoms with Crippen molar-refractivity contribution in [3.05, 3.63) is 51.6 Å². The molecule has 0 bridgehead atoms. The third-order valence-electron chi connectivity index (χ3n) is 4.34. The number of hydrogen-bond donors (Lipinski definition) is 2. The summed E-state index contributed by atoms with van der Waals surface area (Å²) in [4.78, 5) is 29.6. The lowest BCUT2D eigenvalue weighted by Gasteiger charge is -2.23. The summed E-state index contributed by atoms with van der Waals surface area (Å²) >= 11 is 12.3. The topological polar surface area (TPSA) is 86.7 Å². The van der Waals surface area contributed by atoms with Crippen LogP contribution < -0.4 is 15.6 Å². The van der Waals surface area contributed by atoms with Crippen LogP contribution in [0.2, 0.25) is 10.0 Å². The van der Waals surface area contributed by atoms with Crippen LogP contribution in [0.1, 0.15) is 22.3 Å². The van der Waals surface area contributed by atoms with Crippen molar-refractivity contribution in [2.75, 3.05) is 17.4 Å². The minimum absolute atomic E-state index is 0.291. The third kappa shape index (κ3) is 3.98. The van der Waals surface area contributed by atoms with Gasteiger partial charge < -0.3 is 10.6 Å². The molecule has 0 fully saturated rings. The summed E-state index contributed by atoms with van der Waals surface area (Å²) in [6.45, 7) is 1.78. The molecule has 0 aliphatic carbocycles. The molecule has 2 aromatic rings. The lowest BCUT2D eigenvalue weighted by atomic mass is 9.95. The van der Waals surface area contributed by atoms with Crippen molar-refractivity contribution < 1.29 is 9.59 Å². The number of amides is 2. The second kappa shape index (κ2) is 8.20. The molecule has 2 amide bonds. The summed E-state index contributed by atoms with van der Waals surface area (Å²) in [7, 11) is 3.35. The van der Waals surface area contributed by atoms with Crippen molar-refractivity contribution in [3.8, 4) is 0 Å². The number of aromatic nitrogens is 1. The van der Waals surface area contributed by atoms with Gasteiger partial charge in [-0.3, -0.25) is 9.59 Å². The van der Waals surface area contributed by atoms with Crippen LogP contribution in [-0.4, -0.2) is 43.3 Å². The van der Waals surface area contributed by atoms with Gasteiger partial charge in [-0.15, -0.1) is 0 Å². The normalized spacial score (nSPS) is 15.9. The average Bonchev–Trinajstić information content (AvgIpc) is 3.05. The number of nitrogens with zero attached hydrogens (tertiary/aromatic N) is 3. The Morgan fingerprint density at radius 2 is 2.07 bits per heavy atom. The molecule has 7 nitrogen and oxygen atoms in total. The first kappa shape index (κ1) is 20.2. The van der Waals surface area contributed by atoms with Gasteiger partial charge in [0.25, 0.3) is 5.91 Å². The molecule has 10 heteroatoms. The van der Waals surface area contributed by atoms with Crippen LogP contribution in [0.4, 0.5) is 11.5 Å². The molecular formula is C18H18BCl2N5O2. The van der Waals surface area contributed by atoms with Crippen LogP contribution >= 0.6 is 23.2 Å². The lowest BCUT2D eigenvalue weighted by molar-refractivity contribution is -0.117. The van der Waals surface area contributed by atoms with Crippen LogP contribution in [-0.2, 0) is 4.79 Å². The molecule has 28 heavy (non-hydrogen) atoms. The molecule has 1 aromatic heterocycles. The Kier molecular flexibility index (Phi) is 5.91. The Morgan fingerprint density at radius 1 is 1.32 bits per heavy atom. The van der Waals surface area contributed by atoms with Crippen LogP contribution in [0.15, 0.2) is 35.6 Å². The third-order valence-corrected chi connectivity index (χ3v) is 4.85. The number of hydrogen-bond acceptors (Lipinski definition) is 5. The summed E-state index contributed by atoms with van der Waals surface area (Å²) in [6, 6.07) is 5.97. The maximum absolute atomic E-state index is 13.1. The lowest BCUT2D eigenvalue weighted by Crippen LogP contribution is -2.39. The van der Waals surface area contributed by atoms with Crippen molar-refractivity contribution in [1.29, 1.82) is 0 Å². The van der Waals surface area contributed by atoms with Gasteiger partial charge in [0.05, 0.1) is 16.3 Å². The Balaban J connectivity index is 1.93. The number of carbonyl (C=O) groups is 2. The molecule has 144 valence electrons. The highest BCUT2D eigenvalue weighted by molar-refractivity contribution is 6.60. The number of carbonyl (C=O) groups excluding carboxylic acids is 2. The highest BCUT2D eigenvalue weighted by atomic mass is 35.5. The quantitative estimate of drug-likeness (QED) is 0.746. The monoisotopic (exact) mass is 417 g/mol. The van der Waals surface area contributed by atoms with Gasteiger partial charge >= 0.3 is 0 Å². The zero-order valence-corrected chi connectivity index (χ0v) is 17.1. The number of halogens is 2. The molecule has 1 aliphatic rings. The second-order valence-corrected chi connectivity index (χ2v) is 7.27. The summed E-state index contributed by atoms with van der Waals surface area (Å²) in [5, 5.41) is 12.2. The molecule has 0 saturated heterocycles. The highest BCUT2D eigenvalue weighted by Gasteiger charge is 2.34. The van der Waals surface area contributed by atoms with Gasteiger partial charge in [-0.1, -0.05) is 23.2 Å². The van der Waals surface area contributed by atoms with Crippen molar-refractivity contribution in [3.63, 3.8) is 0 Å². The Morgan fingerprint density at radius 3 is 2.75 bits per heavy atom. The number of pyridine rings is 1. The van der Waals surface area contributed by atoms with Crippen molar-refractivity contribution in [1.82, 2.24) is 10.3 Å². The van der Waals surface area contributed by atoms with Crippen molar-refractivity contribution >= 4 is 60.0 Å². The largest absolute Gasteiger partial charge is 0.355 e. The first-order chi connectivity index (χ1) is 13.3. The number of aryl methyl sites for hydroxylation is 1. The zero-order valence-electron chi connectivity index (χ0n) is 15.6. The predicted molar refractivity (Wildman–Crippen MR) is 114 cm³/mol. The van der Waals surface area contributed by atoms with Gasteiger partial charge in [0.2, 0.25) is 5.91 Å². The van der Waals surface area contributed by atoms with Gasteiger partial charge in [-0.2, -0.15) is 5.10 Å². The molecular weight excluding hydrogens is 400 g/mol. The molecule has 2 heterocycles. The maximum Gasteiger partial charge on any atom is 0.253 e. The van der Waals surface area contributed by atoms with E-state index < -0.39 is 6.04 Å². The summed E-state index contributed by atoms with van der Waals surface area (Å²) in [5.41, 5.74) is 2.16. The first-order valence-electron chi connectivity index (χ1n) is 8.58. The van der Waals surface area contributed by atoms with Crippen LogP contribution in [0.5, 0.6) is 0 Å². The van der Waals surface area contributed by atoms with E-state index in [-0.39, 0.29) is 11.8 Å². The Bertz CT molecular complexity index is 982. The SMILES string of the molecule is BC1=NN(c2ncccc2Cl)C(C(=O)Nc2c(C)cc(Cl)cc2C(=O)NC)C1. The van der Waals surface area contributed by atoms with Gasteiger partial charge in [0, 0.05) is 24.7 Å². The standard InChI is InChI=1S/C18H18BCl2N5O2/c1-9-6-10(20)7-11(17(27)22-2)15(9)24-18(28)13-8-14(19)25-26(13)16-12(21)4-3-5-23-16/h3-7,13H,8,19H2,1-2H3,(H,22,27)(H,24,28). The highest BCUT2D eigenvalue weighted by Crippen LogP contribution is 2.31. The Hall–Kier alpha value is -2.58. The number of rotatable bonds is 4. The van der Waals surface area contributed by atoms with Gasteiger partial charge in [-0.25, -0.2) is 9.99 Å². The van der Waals surface area contributed by atoms with E-state index in [2.05, 4.69) is 20.7 Å². The number of hydrazone groups is 1. The van der Waals surface area contributed by atoms with E-state index in [0.29, 0.717) is 39.1 Å². The summed E-state index contributed by atoms with van der Waals surface area (Å²) in [6.07, 6.45) is 2.01. The van der Waals surface area contributed by atoms with E-state index in [0.717, 1.165) is 5.61 Å². The van der Waals surface area contributed by atoms with Gasteiger partial charge in [0.1, 0.15) is 6.04 Å². The minimum Gasteiger partial charge on any atom is -0.355 e. The first-order valence-corrected chi connectivity index (χ1v) is 9.34. The average molecular weight is 418 g/mol. The van der Waals surface area contributed by atoms with Gasteiger partial charge in [-0.05, 0) is 42.4 Å². The van der Waals surface area contributed by atoms with Crippen LogP contribution in [0, 0.1) is 6.92 Å². The molecule has 1 aromatic carbocycles. The number of nitrogens with one attached hydrogen (secondary N) is 2. The van der Waals surface area contributed by atoms with Crippen LogP contribution in [0.3, 0.4) is 0 Å². The van der Waals surface area contributed by atoms with Gasteiger partial charge in [0.15, 0.2) is 13.7 Å². The molecule has 0 radical (unpaired) electrons. The molecule has 3 rings (SSSR count). The maximum atomic E-state index is 13.1. The second-order valence-electron chi connectivity index (χ2n) is 6.42. The minimum atomic E-state index is -0.639. The molecule has 2 N–H and O–H groups in total. The Labute approximate surface area is 173 Å². The number of benzene rings is 1. The van der Waals surface area contributed by atoms with E-state index in [1.54, 1.807) is 31.3 Å². The van der Waals surface area contributed by atoms with E-state index in [9.17, 15) is 9.59 Å². The predicted octanol–water partition coefficient (Wildman–Crippen LogP) is 2.22. The fraction of sp³-hybridized carbons (Fsp3) is 0.222. The molecule has 1 atom stereocenters. The summed E-state index contributed by atoms with van der Waals surface area (Å²) in [5.74, 6) is -0.261. The van der Waals surface area contributed by atoms with E-state index in [1.807, 2.05) is 7.85 Å². The van der Waals surface area contributed by atoms with Crippen molar-refractivity contribution in [2.24, 2.45) is 5.10 Å². The molecule has 1 aliphatic heterocycles. The fourth-order valence-corrected chi connectivity index (χ4v) is 3.52. The fourth-order valence-electron chi connectivity index (χ4n) is 3.03. The van der Waals surface area contributed by atoms with Crippen LogP contribution in [0.25, 0.3) is 0 Å². The van der Waals surface area contributed by atoms with E-state index in [1.165, 1.54) is 18.1 Å².